The molecule has 2 atom stereocenters. The first-order valence-corrected chi connectivity index (χ1v) is 5.13. The van der Waals surface area contributed by atoms with Crippen molar-refractivity contribution in [1.82, 2.24) is 0 Å². The highest BCUT2D eigenvalue weighted by molar-refractivity contribution is 14.1. The summed E-state index contributed by atoms with van der Waals surface area (Å²) < 4.78 is 5.41. The Bertz CT molecular complexity index is 123. The second kappa shape index (κ2) is 5.80. The second-order valence-electron chi connectivity index (χ2n) is 2.72. The van der Waals surface area contributed by atoms with Gasteiger partial charge < -0.3 is 4.74 Å². The largest absolute Gasteiger partial charge is 0.464 e. The lowest BCUT2D eigenvalue weighted by molar-refractivity contribution is -0.147. The van der Waals surface area contributed by atoms with Crippen LogP contribution in [0.1, 0.15) is 27.2 Å². The van der Waals surface area contributed by atoms with Crippen molar-refractivity contribution in [3.63, 3.8) is 0 Å². The first-order chi connectivity index (χ1) is 5.07. The average Bonchev–Trinajstić information content (AvgIpc) is 1.98. The van der Waals surface area contributed by atoms with Crippen molar-refractivity contribution in [3.8, 4) is 0 Å². The highest BCUT2D eigenvalue weighted by Crippen LogP contribution is 2.05. The molecule has 0 saturated heterocycles. The van der Waals surface area contributed by atoms with Crippen LogP contribution in [0.4, 0.5) is 0 Å². The van der Waals surface area contributed by atoms with E-state index in [1.165, 1.54) is 0 Å². The Morgan fingerprint density at radius 2 is 2.09 bits per heavy atom. The second-order valence-corrected chi connectivity index (χ2v) is 4.85. The van der Waals surface area contributed by atoms with Crippen molar-refractivity contribution in [2.45, 2.75) is 31.1 Å². The third kappa shape index (κ3) is 5.47. The first-order valence-electron chi connectivity index (χ1n) is 3.88. The van der Waals surface area contributed by atoms with Gasteiger partial charge in [0.15, 0.2) is 0 Å². The summed E-state index contributed by atoms with van der Waals surface area (Å²) in [5.74, 6) is -0.0267. The molecule has 0 aromatic carbocycles. The number of ether oxygens (including phenoxy) is 1. The molecule has 66 valence electrons. The van der Waals surface area contributed by atoms with Crippen molar-refractivity contribution >= 4 is 28.6 Å². The van der Waals surface area contributed by atoms with Gasteiger partial charge in [-0.05, 0) is 6.42 Å². The number of hydrogen-bond acceptors (Lipinski definition) is 2. The van der Waals surface area contributed by atoms with E-state index in [1.54, 1.807) is 0 Å². The van der Waals surface area contributed by atoms with E-state index >= 15 is 0 Å². The molecule has 0 aliphatic heterocycles. The molecular formula is C8H15IO2. The van der Waals surface area contributed by atoms with Crippen LogP contribution in [0.3, 0.4) is 0 Å². The minimum Gasteiger partial charge on any atom is -0.464 e. The molecule has 0 heterocycles. The van der Waals surface area contributed by atoms with Gasteiger partial charge in [-0.1, -0.05) is 43.4 Å². The van der Waals surface area contributed by atoms with Crippen molar-refractivity contribution in [2.24, 2.45) is 5.92 Å². The molecule has 0 N–H and O–H groups in total. The van der Waals surface area contributed by atoms with Gasteiger partial charge in [-0.3, -0.25) is 4.79 Å². The van der Waals surface area contributed by atoms with Crippen LogP contribution in [0, 0.1) is 5.92 Å². The predicted molar refractivity (Wildman–Crippen MR) is 53.9 cm³/mol. The SMILES string of the molecule is CCC(C)C(=O)OCC(C)I. The van der Waals surface area contributed by atoms with Crippen LogP contribution in [0.5, 0.6) is 0 Å². The van der Waals surface area contributed by atoms with Crippen LogP contribution >= 0.6 is 22.6 Å². The van der Waals surface area contributed by atoms with Gasteiger partial charge >= 0.3 is 5.97 Å². The summed E-state index contributed by atoms with van der Waals surface area (Å²) in [6, 6.07) is 0. The van der Waals surface area contributed by atoms with Crippen LogP contribution in [-0.4, -0.2) is 16.5 Å². The molecule has 3 heteroatoms. The van der Waals surface area contributed by atoms with Crippen molar-refractivity contribution in [3.05, 3.63) is 0 Å². The molecule has 0 radical (unpaired) electrons. The van der Waals surface area contributed by atoms with Crippen LogP contribution in [0.15, 0.2) is 0 Å². The van der Waals surface area contributed by atoms with Crippen molar-refractivity contribution in [1.29, 1.82) is 0 Å². The molecule has 0 saturated carbocycles. The monoisotopic (exact) mass is 270 g/mol. The van der Waals surface area contributed by atoms with Gasteiger partial charge in [0.05, 0.1) is 5.92 Å². The zero-order valence-corrected chi connectivity index (χ0v) is 9.42. The van der Waals surface area contributed by atoms with Crippen LogP contribution in [0.2, 0.25) is 0 Å². The molecule has 11 heavy (non-hydrogen) atoms. The maximum Gasteiger partial charge on any atom is 0.308 e. The Morgan fingerprint density at radius 1 is 1.55 bits per heavy atom. The smallest absolute Gasteiger partial charge is 0.308 e. The summed E-state index contributed by atoms with van der Waals surface area (Å²) in [6.07, 6.45) is 0.856. The predicted octanol–water partition coefficient (Wildman–Crippen LogP) is 2.40. The molecule has 0 spiro atoms. The summed E-state index contributed by atoms with van der Waals surface area (Å²) in [6.45, 7) is 6.42. The summed E-state index contributed by atoms with van der Waals surface area (Å²) >= 11 is 2.23. The first kappa shape index (κ1) is 11.2. The van der Waals surface area contributed by atoms with E-state index in [-0.39, 0.29) is 11.9 Å². The van der Waals surface area contributed by atoms with Crippen LogP contribution in [-0.2, 0) is 9.53 Å². The highest BCUT2D eigenvalue weighted by Gasteiger charge is 2.11. The van der Waals surface area contributed by atoms with E-state index in [1.807, 2.05) is 20.8 Å². The van der Waals surface area contributed by atoms with Gasteiger partial charge in [0.1, 0.15) is 6.61 Å². The lowest BCUT2D eigenvalue weighted by Gasteiger charge is -2.09. The molecule has 0 amide bonds. The molecule has 2 nitrogen and oxygen atoms in total. The quantitative estimate of drug-likeness (QED) is 0.445. The summed E-state index contributed by atoms with van der Waals surface area (Å²) in [4.78, 5) is 11.1. The molecule has 2 unspecified atom stereocenters. The number of carbonyl (C=O) groups excluding carboxylic acids is 1. The zero-order valence-electron chi connectivity index (χ0n) is 7.26. The van der Waals surface area contributed by atoms with Gasteiger partial charge in [-0.2, -0.15) is 0 Å². The molecule has 0 rings (SSSR count). The fourth-order valence-corrected chi connectivity index (χ4v) is 0.686. The molecule has 0 aromatic heterocycles. The van der Waals surface area contributed by atoms with E-state index in [2.05, 4.69) is 22.6 Å². The normalized spacial score (nSPS) is 15.6. The third-order valence-corrected chi connectivity index (χ3v) is 1.83. The fraction of sp³-hybridized carbons (Fsp3) is 0.875. The molecule has 0 aliphatic carbocycles. The van der Waals surface area contributed by atoms with Crippen LogP contribution < -0.4 is 0 Å². The number of hydrogen-bond donors (Lipinski definition) is 0. The molecular weight excluding hydrogens is 255 g/mol. The molecule has 0 aliphatic rings. The molecule has 0 bridgehead atoms. The van der Waals surface area contributed by atoms with Crippen molar-refractivity contribution in [2.75, 3.05) is 6.61 Å². The lowest BCUT2D eigenvalue weighted by atomic mass is 10.1. The summed E-state index contributed by atoms with van der Waals surface area (Å²) in [7, 11) is 0. The van der Waals surface area contributed by atoms with Gasteiger partial charge in [0.2, 0.25) is 0 Å². The van der Waals surface area contributed by atoms with Crippen LogP contribution in [0.25, 0.3) is 0 Å². The number of rotatable bonds is 4. The number of esters is 1. The highest BCUT2D eigenvalue weighted by atomic mass is 127. The minimum atomic E-state index is -0.0731. The lowest BCUT2D eigenvalue weighted by Crippen LogP contribution is -2.17. The summed E-state index contributed by atoms with van der Waals surface area (Å²) in [5, 5.41) is 0. The Balaban J connectivity index is 3.52. The molecule has 0 fully saturated rings. The average molecular weight is 270 g/mol. The van der Waals surface area contributed by atoms with Gasteiger partial charge in [0, 0.05) is 3.92 Å². The number of carbonyl (C=O) groups is 1. The maximum absolute atomic E-state index is 11.1. The van der Waals surface area contributed by atoms with E-state index < -0.39 is 0 Å². The Labute approximate surface area is 81.8 Å². The Hall–Kier alpha value is 0.200. The molecule has 0 aromatic rings. The fourth-order valence-electron chi connectivity index (χ4n) is 0.506. The Morgan fingerprint density at radius 3 is 2.45 bits per heavy atom. The van der Waals surface area contributed by atoms with Gasteiger partial charge in [-0.25, -0.2) is 0 Å². The number of halogens is 1. The van der Waals surface area contributed by atoms with E-state index in [9.17, 15) is 4.79 Å². The third-order valence-electron chi connectivity index (χ3n) is 1.47. The maximum atomic E-state index is 11.1. The zero-order chi connectivity index (χ0) is 8.85. The van der Waals surface area contributed by atoms with E-state index in [0.29, 0.717) is 10.5 Å². The summed E-state index contributed by atoms with van der Waals surface area (Å²) in [5.41, 5.74) is 0. The topological polar surface area (TPSA) is 26.3 Å². The van der Waals surface area contributed by atoms with Gasteiger partial charge in [-0.15, -0.1) is 0 Å². The van der Waals surface area contributed by atoms with Gasteiger partial charge in [0.25, 0.3) is 0 Å². The Kier molecular flexibility index (Phi) is 5.91. The standard InChI is InChI=1S/C8H15IO2/c1-4-6(2)8(10)11-5-7(3)9/h6-7H,4-5H2,1-3H3. The van der Waals surface area contributed by atoms with E-state index in [0.717, 1.165) is 6.42 Å². The van der Waals surface area contributed by atoms with Crippen molar-refractivity contribution < 1.29 is 9.53 Å². The number of alkyl halides is 1. The minimum absolute atomic E-state index is 0.0464. The van der Waals surface area contributed by atoms with E-state index in [4.69, 9.17) is 4.74 Å².